The lowest BCUT2D eigenvalue weighted by molar-refractivity contribution is -0.126. The maximum Gasteiger partial charge on any atom is 0.238 e. The lowest BCUT2D eigenvalue weighted by Gasteiger charge is -2.44. The SMILES string of the molecule is O=C1[C@H]2[C@H](CC=C3[C@H]2C[C@H]2C(=O)N(c4ccc(Nc5ccccc5)cc4)C(=O)[C@H]2[C@H]3c2cc(Br)ccc2O)C(=O)N1c1ccc(Nc2ccccc2)cc1. The van der Waals surface area contributed by atoms with Gasteiger partial charge in [-0.05, 0) is 110 Å². The van der Waals surface area contributed by atoms with Crippen LogP contribution in [0.15, 0.2) is 144 Å². The summed E-state index contributed by atoms with van der Waals surface area (Å²) in [7, 11) is 0. The molecule has 268 valence electrons. The molecule has 0 bridgehead atoms. The molecule has 4 amide bonds. The summed E-state index contributed by atoms with van der Waals surface area (Å²) in [6, 6.07) is 38.9. The van der Waals surface area contributed by atoms with E-state index in [1.807, 2.05) is 91.0 Å². The normalized spacial score (nSPS) is 24.5. The third kappa shape index (κ3) is 5.69. The molecule has 5 aromatic rings. The minimum atomic E-state index is -0.799. The van der Waals surface area contributed by atoms with Crippen LogP contribution in [-0.4, -0.2) is 28.7 Å². The predicted molar refractivity (Wildman–Crippen MR) is 211 cm³/mol. The maximum atomic E-state index is 14.5. The molecule has 2 aliphatic carbocycles. The summed E-state index contributed by atoms with van der Waals surface area (Å²) >= 11 is 3.54. The van der Waals surface area contributed by atoms with Crippen LogP contribution in [0, 0.1) is 29.6 Å². The first-order chi connectivity index (χ1) is 26.3. The fraction of sp³-hybridized carbons (Fsp3) is 0.182. The van der Waals surface area contributed by atoms with Gasteiger partial charge in [-0.25, -0.2) is 0 Å². The highest BCUT2D eigenvalue weighted by molar-refractivity contribution is 9.10. The number of fused-ring (bicyclic) bond motifs is 4. The monoisotopic (exact) mass is 778 g/mol. The van der Waals surface area contributed by atoms with Gasteiger partial charge in [0.1, 0.15) is 5.75 Å². The number of phenolic OH excluding ortho intramolecular Hbond substituents is 1. The molecule has 1 saturated carbocycles. The zero-order chi connectivity index (χ0) is 37.1. The van der Waals surface area contributed by atoms with Crippen LogP contribution >= 0.6 is 15.9 Å². The van der Waals surface area contributed by atoms with Gasteiger partial charge >= 0.3 is 0 Å². The standard InChI is InChI=1S/C44H35BrN4O5/c45-25-11-22-37(50)35(23-25)38-32-20-21-33-39(43(53)48(41(33)51)30-16-12-28(13-17-30)46-26-7-3-1-4-8-26)34(32)24-36-40(38)44(54)49(42(36)52)31-18-14-29(15-19-31)47-27-9-5-2-6-10-27/h1-20,22-23,33-34,36,38-40,46-47,50H,21,24H2/t33-,34+,36+,38+,39-,40+/m0/s1. The number of benzene rings is 5. The van der Waals surface area contributed by atoms with Gasteiger partial charge in [0.2, 0.25) is 23.6 Å². The van der Waals surface area contributed by atoms with E-state index in [0.717, 1.165) is 28.3 Å². The Morgan fingerprint density at radius 3 is 1.61 bits per heavy atom. The molecule has 2 aliphatic heterocycles. The molecule has 9 nitrogen and oxygen atoms in total. The van der Waals surface area contributed by atoms with Crippen LogP contribution in [-0.2, 0) is 19.2 Å². The summed E-state index contributed by atoms with van der Waals surface area (Å²) in [5.74, 6) is -5.30. The Bertz CT molecular complexity index is 2330. The van der Waals surface area contributed by atoms with Gasteiger partial charge in [0.25, 0.3) is 0 Å². The van der Waals surface area contributed by atoms with Gasteiger partial charge in [0, 0.05) is 38.7 Å². The number of carbonyl (C=O) groups is 4. The number of halogens is 1. The Morgan fingerprint density at radius 1 is 0.556 bits per heavy atom. The molecule has 3 N–H and O–H groups in total. The fourth-order valence-corrected chi connectivity index (χ4v) is 9.36. The number of hydrogen-bond donors (Lipinski definition) is 3. The number of anilines is 6. The van der Waals surface area contributed by atoms with Gasteiger partial charge in [-0.15, -0.1) is 0 Å². The van der Waals surface area contributed by atoms with Gasteiger partial charge in [0.05, 0.1) is 35.0 Å². The van der Waals surface area contributed by atoms with Gasteiger partial charge < -0.3 is 15.7 Å². The van der Waals surface area contributed by atoms with Crippen LogP contribution in [0.4, 0.5) is 34.1 Å². The van der Waals surface area contributed by atoms with Crippen molar-refractivity contribution < 1.29 is 24.3 Å². The van der Waals surface area contributed by atoms with Gasteiger partial charge in [-0.1, -0.05) is 64.0 Å². The van der Waals surface area contributed by atoms with Gasteiger partial charge in [-0.2, -0.15) is 0 Å². The van der Waals surface area contributed by atoms with E-state index in [9.17, 15) is 24.3 Å². The number of amides is 4. The molecule has 2 heterocycles. The molecule has 3 fully saturated rings. The number of phenols is 1. The molecular formula is C44H35BrN4O5. The zero-order valence-electron chi connectivity index (χ0n) is 28.9. The maximum absolute atomic E-state index is 14.5. The highest BCUT2D eigenvalue weighted by atomic mass is 79.9. The summed E-state index contributed by atoms with van der Waals surface area (Å²) in [6.45, 7) is 0. The molecule has 0 radical (unpaired) electrons. The summed E-state index contributed by atoms with van der Waals surface area (Å²) < 4.78 is 0.710. The number of nitrogens with zero attached hydrogens (tertiary/aromatic N) is 2. The molecular weight excluding hydrogens is 744 g/mol. The van der Waals surface area contributed by atoms with E-state index in [4.69, 9.17) is 0 Å². The molecule has 2 saturated heterocycles. The Morgan fingerprint density at radius 2 is 1.06 bits per heavy atom. The largest absolute Gasteiger partial charge is 0.508 e. The first-order valence-electron chi connectivity index (χ1n) is 18.0. The van der Waals surface area contributed by atoms with Crippen molar-refractivity contribution in [2.75, 3.05) is 20.4 Å². The highest BCUT2D eigenvalue weighted by Crippen LogP contribution is 2.59. The predicted octanol–water partition coefficient (Wildman–Crippen LogP) is 8.69. The number of allylic oxidation sites excluding steroid dienone is 2. The molecule has 54 heavy (non-hydrogen) atoms. The molecule has 0 unspecified atom stereocenters. The van der Waals surface area contributed by atoms with E-state index in [0.29, 0.717) is 27.8 Å². The van der Waals surface area contributed by atoms with E-state index < -0.39 is 35.5 Å². The van der Waals surface area contributed by atoms with Crippen LogP contribution in [0.5, 0.6) is 5.75 Å². The number of aromatic hydroxyl groups is 1. The van der Waals surface area contributed by atoms with Crippen LogP contribution in [0.1, 0.15) is 24.3 Å². The minimum Gasteiger partial charge on any atom is -0.508 e. The van der Waals surface area contributed by atoms with E-state index in [2.05, 4.69) is 26.6 Å². The number of imide groups is 2. The van der Waals surface area contributed by atoms with Crippen molar-refractivity contribution in [2.24, 2.45) is 29.6 Å². The second-order valence-corrected chi connectivity index (χ2v) is 15.2. The minimum absolute atomic E-state index is 0.000292. The smallest absolute Gasteiger partial charge is 0.238 e. The third-order valence-electron chi connectivity index (χ3n) is 11.3. The average Bonchev–Trinajstić information content (AvgIpc) is 3.60. The first-order valence-corrected chi connectivity index (χ1v) is 18.8. The highest BCUT2D eigenvalue weighted by Gasteiger charge is 2.62. The molecule has 10 heteroatoms. The second kappa shape index (κ2) is 13.4. The summed E-state index contributed by atoms with van der Waals surface area (Å²) in [6.07, 6.45) is 2.54. The zero-order valence-corrected chi connectivity index (χ0v) is 30.5. The van der Waals surface area contributed by atoms with Crippen LogP contribution in [0.3, 0.4) is 0 Å². The van der Waals surface area contributed by atoms with Crippen molar-refractivity contribution in [1.82, 2.24) is 0 Å². The van der Waals surface area contributed by atoms with Crippen molar-refractivity contribution in [3.8, 4) is 5.75 Å². The van der Waals surface area contributed by atoms with Crippen molar-refractivity contribution in [3.05, 3.63) is 149 Å². The third-order valence-corrected chi connectivity index (χ3v) is 11.8. The quantitative estimate of drug-likeness (QED) is 0.112. The fourth-order valence-electron chi connectivity index (χ4n) is 8.98. The number of hydrogen-bond acceptors (Lipinski definition) is 7. The van der Waals surface area contributed by atoms with Crippen molar-refractivity contribution >= 4 is 73.7 Å². The molecule has 6 atom stereocenters. The Kier molecular flexibility index (Phi) is 8.42. The number of para-hydroxylation sites is 2. The molecule has 5 aromatic carbocycles. The lowest BCUT2D eigenvalue weighted by Crippen LogP contribution is -2.43. The molecule has 9 rings (SSSR count). The van der Waals surface area contributed by atoms with Crippen LogP contribution in [0.2, 0.25) is 0 Å². The molecule has 0 aromatic heterocycles. The van der Waals surface area contributed by atoms with E-state index in [-0.39, 0.29) is 35.8 Å². The average molecular weight is 780 g/mol. The number of rotatable bonds is 7. The van der Waals surface area contributed by atoms with Crippen molar-refractivity contribution in [2.45, 2.75) is 18.8 Å². The Labute approximate surface area is 320 Å². The molecule has 4 aliphatic rings. The summed E-state index contributed by atoms with van der Waals surface area (Å²) in [5, 5.41) is 17.9. The van der Waals surface area contributed by atoms with Gasteiger partial charge in [-0.3, -0.25) is 29.0 Å². The van der Waals surface area contributed by atoms with Crippen molar-refractivity contribution in [3.63, 3.8) is 0 Å². The Balaban J connectivity index is 1.04. The number of nitrogens with one attached hydrogen (secondary N) is 2. The second-order valence-electron chi connectivity index (χ2n) is 14.3. The van der Waals surface area contributed by atoms with Crippen molar-refractivity contribution in [1.29, 1.82) is 0 Å². The van der Waals surface area contributed by atoms with Crippen LogP contribution in [0.25, 0.3) is 0 Å². The topological polar surface area (TPSA) is 119 Å². The van der Waals surface area contributed by atoms with Crippen LogP contribution < -0.4 is 20.4 Å². The van der Waals surface area contributed by atoms with E-state index >= 15 is 0 Å². The first kappa shape index (κ1) is 33.8. The molecule has 0 spiro atoms. The lowest BCUT2D eigenvalue weighted by atomic mass is 9.57. The van der Waals surface area contributed by atoms with E-state index in [1.165, 1.54) is 9.80 Å². The summed E-state index contributed by atoms with van der Waals surface area (Å²) in [4.78, 5) is 60.1. The number of carbonyl (C=O) groups excluding carboxylic acids is 4. The Hall–Kier alpha value is -6.00. The van der Waals surface area contributed by atoms with Gasteiger partial charge in [0.15, 0.2) is 0 Å². The summed E-state index contributed by atoms with van der Waals surface area (Å²) in [5.41, 5.74) is 5.71. The van der Waals surface area contributed by atoms with E-state index in [1.54, 1.807) is 42.5 Å².